The zero-order chi connectivity index (χ0) is 17.5. The Morgan fingerprint density at radius 1 is 1.17 bits per heavy atom. The van der Waals surface area contributed by atoms with Crippen LogP contribution in [-0.4, -0.2) is 28.3 Å². The van der Waals surface area contributed by atoms with Crippen molar-refractivity contribution in [2.45, 2.75) is 71.0 Å². The maximum Gasteiger partial charge on any atom is 0.247 e. The number of amides is 2. The molecule has 0 spiro atoms. The highest BCUT2D eigenvalue weighted by Gasteiger charge is 2.52. The largest absolute Gasteiger partial charge is 0.349 e. The van der Waals surface area contributed by atoms with Gasteiger partial charge in [-0.3, -0.25) is 9.59 Å². The van der Waals surface area contributed by atoms with E-state index >= 15 is 0 Å². The summed E-state index contributed by atoms with van der Waals surface area (Å²) in [6.45, 7) is 7.94. The maximum absolute atomic E-state index is 13.0. The number of rotatable bonds is 3. The number of benzene rings is 1. The van der Waals surface area contributed by atoms with Crippen LogP contribution in [0.5, 0.6) is 0 Å². The van der Waals surface area contributed by atoms with Crippen LogP contribution in [0.4, 0.5) is 0 Å². The molecule has 0 aromatic heterocycles. The lowest BCUT2D eigenvalue weighted by molar-refractivity contribution is -0.169. The minimum Gasteiger partial charge on any atom is -0.349 e. The van der Waals surface area contributed by atoms with Crippen molar-refractivity contribution in [3.05, 3.63) is 35.4 Å². The zero-order valence-electron chi connectivity index (χ0n) is 15.1. The number of aryl methyl sites for hydroxylation is 1. The summed E-state index contributed by atoms with van der Waals surface area (Å²) in [6.07, 6.45) is 4.26. The predicted molar refractivity (Wildman–Crippen MR) is 94.4 cm³/mol. The van der Waals surface area contributed by atoms with Crippen LogP contribution < -0.4 is 5.32 Å². The Kier molecular flexibility index (Phi) is 4.41. The van der Waals surface area contributed by atoms with Crippen molar-refractivity contribution in [3.63, 3.8) is 0 Å². The van der Waals surface area contributed by atoms with Crippen LogP contribution in [0.1, 0.15) is 63.6 Å². The van der Waals surface area contributed by atoms with Gasteiger partial charge in [0, 0.05) is 11.6 Å². The van der Waals surface area contributed by atoms with Crippen molar-refractivity contribution in [1.29, 1.82) is 0 Å². The average molecular weight is 328 g/mol. The molecule has 1 unspecified atom stereocenters. The second kappa shape index (κ2) is 6.23. The molecule has 0 radical (unpaired) electrons. The van der Waals surface area contributed by atoms with Gasteiger partial charge in [0.25, 0.3) is 0 Å². The average Bonchev–Trinajstić information content (AvgIpc) is 2.51. The van der Waals surface area contributed by atoms with E-state index in [9.17, 15) is 9.59 Å². The van der Waals surface area contributed by atoms with E-state index in [1.807, 2.05) is 56.9 Å². The van der Waals surface area contributed by atoms with Gasteiger partial charge in [0.15, 0.2) is 0 Å². The van der Waals surface area contributed by atoms with Gasteiger partial charge in [-0.15, -0.1) is 0 Å². The van der Waals surface area contributed by atoms with E-state index in [-0.39, 0.29) is 29.3 Å². The first kappa shape index (κ1) is 17.0. The van der Waals surface area contributed by atoms with E-state index in [0.29, 0.717) is 0 Å². The molecule has 1 heterocycles. The molecule has 1 aromatic carbocycles. The van der Waals surface area contributed by atoms with Crippen molar-refractivity contribution in [2.75, 3.05) is 0 Å². The molecule has 2 fully saturated rings. The first-order valence-corrected chi connectivity index (χ1v) is 8.99. The lowest BCUT2D eigenvalue weighted by Crippen LogP contribution is -2.65. The van der Waals surface area contributed by atoms with E-state index in [4.69, 9.17) is 0 Å². The highest BCUT2D eigenvalue weighted by atomic mass is 16.2. The third kappa shape index (κ3) is 3.19. The highest BCUT2D eigenvalue weighted by Crippen LogP contribution is 2.43. The van der Waals surface area contributed by atoms with Crippen LogP contribution in [0, 0.1) is 12.8 Å². The van der Waals surface area contributed by atoms with Gasteiger partial charge in [0.05, 0.1) is 5.92 Å². The molecule has 1 aliphatic carbocycles. The van der Waals surface area contributed by atoms with Gasteiger partial charge in [-0.05, 0) is 46.1 Å². The van der Waals surface area contributed by atoms with Gasteiger partial charge in [-0.2, -0.15) is 0 Å². The van der Waals surface area contributed by atoms with Crippen molar-refractivity contribution in [2.24, 2.45) is 5.92 Å². The number of nitrogens with zero attached hydrogens (tertiary/aromatic N) is 1. The molecule has 4 heteroatoms. The summed E-state index contributed by atoms with van der Waals surface area (Å²) < 4.78 is 0. The Balaban J connectivity index is 1.91. The Morgan fingerprint density at radius 2 is 1.79 bits per heavy atom. The second-order valence-corrected chi connectivity index (χ2v) is 8.26. The number of β-lactam (4-membered cyclic amide) rings is 1. The third-order valence-electron chi connectivity index (χ3n) is 5.08. The molecule has 2 amide bonds. The Bertz CT molecular complexity index is 630. The number of carbonyl (C=O) groups excluding carboxylic acids is 2. The Labute approximate surface area is 144 Å². The van der Waals surface area contributed by atoms with Gasteiger partial charge in [0.1, 0.15) is 6.04 Å². The molecular formula is C20H28N2O2. The molecule has 0 bridgehead atoms. The normalized spacial score (nSPS) is 24.8. The summed E-state index contributed by atoms with van der Waals surface area (Å²) in [6, 6.07) is 7.68. The van der Waals surface area contributed by atoms with Crippen LogP contribution in [0.3, 0.4) is 0 Å². The molecule has 130 valence electrons. The second-order valence-electron chi connectivity index (χ2n) is 8.26. The molecule has 1 saturated carbocycles. The van der Waals surface area contributed by atoms with E-state index in [0.717, 1.165) is 36.8 Å². The number of carbonyl (C=O) groups is 2. The minimum atomic E-state index is -0.517. The zero-order valence-corrected chi connectivity index (χ0v) is 15.1. The predicted octanol–water partition coefficient (Wildman–Crippen LogP) is 3.35. The molecule has 24 heavy (non-hydrogen) atoms. The van der Waals surface area contributed by atoms with E-state index in [1.54, 1.807) is 0 Å². The number of nitrogens with one attached hydrogen (secondary N) is 1. The van der Waals surface area contributed by atoms with Crippen LogP contribution >= 0.6 is 0 Å². The third-order valence-corrected chi connectivity index (χ3v) is 5.08. The first-order chi connectivity index (χ1) is 11.3. The summed E-state index contributed by atoms with van der Waals surface area (Å²) in [7, 11) is 0. The van der Waals surface area contributed by atoms with Gasteiger partial charge in [-0.1, -0.05) is 42.7 Å². The summed E-state index contributed by atoms with van der Waals surface area (Å²) in [5.74, 6) is 0.201. The van der Waals surface area contributed by atoms with Crippen LogP contribution in [0.25, 0.3) is 0 Å². The quantitative estimate of drug-likeness (QED) is 0.865. The number of hydrogen-bond donors (Lipinski definition) is 1. The lowest BCUT2D eigenvalue weighted by atomic mass is 9.74. The minimum absolute atomic E-state index is 0.0799. The van der Waals surface area contributed by atoms with Crippen LogP contribution in [0.2, 0.25) is 0 Å². The van der Waals surface area contributed by atoms with E-state index in [2.05, 4.69) is 5.32 Å². The molecule has 1 N–H and O–H groups in total. The molecule has 3 atom stereocenters. The van der Waals surface area contributed by atoms with Gasteiger partial charge in [-0.25, -0.2) is 0 Å². The summed E-state index contributed by atoms with van der Waals surface area (Å²) in [4.78, 5) is 27.5. The number of likely N-dealkylation sites (tertiary alicyclic amines) is 1. The monoisotopic (exact) mass is 328 g/mol. The number of fused-ring (bicyclic) bond motifs is 1. The van der Waals surface area contributed by atoms with Crippen LogP contribution in [0.15, 0.2) is 24.3 Å². The van der Waals surface area contributed by atoms with Crippen molar-refractivity contribution < 1.29 is 9.59 Å². The smallest absolute Gasteiger partial charge is 0.247 e. The number of hydrogen-bond acceptors (Lipinski definition) is 2. The van der Waals surface area contributed by atoms with Gasteiger partial charge < -0.3 is 10.2 Å². The fraction of sp³-hybridized carbons (Fsp3) is 0.600. The summed E-state index contributed by atoms with van der Waals surface area (Å²) >= 11 is 0. The summed E-state index contributed by atoms with van der Waals surface area (Å²) in [5, 5.41) is 3.06. The van der Waals surface area contributed by atoms with Crippen molar-refractivity contribution in [1.82, 2.24) is 10.2 Å². The molecular weight excluding hydrogens is 300 g/mol. The fourth-order valence-corrected chi connectivity index (χ4v) is 3.95. The fourth-order valence-electron chi connectivity index (χ4n) is 3.95. The maximum atomic E-state index is 13.0. The van der Waals surface area contributed by atoms with Gasteiger partial charge in [0.2, 0.25) is 11.8 Å². The van der Waals surface area contributed by atoms with Crippen molar-refractivity contribution >= 4 is 11.8 Å². The molecule has 2 aliphatic rings. The molecule has 1 saturated heterocycles. The standard InChI is InChI=1S/C20H28N2O2/c1-13-9-11-14(12-10-13)17(18(23)21-20(2,3)4)22-16-8-6-5-7-15(16)19(22)24/h9-12,15-17H,5-8H2,1-4H3,(H,21,23)/t15-,16+,17?/m1/s1. The molecule has 4 nitrogen and oxygen atoms in total. The highest BCUT2D eigenvalue weighted by molar-refractivity contribution is 5.94. The Hall–Kier alpha value is -1.84. The molecule has 1 aliphatic heterocycles. The molecule has 1 aromatic rings. The summed E-state index contributed by atoms with van der Waals surface area (Å²) in [5.41, 5.74) is 1.74. The van der Waals surface area contributed by atoms with Crippen LogP contribution in [-0.2, 0) is 9.59 Å². The van der Waals surface area contributed by atoms with Gasteiger partial charge >= 0.3 is 0 Å². The van der Waals surface area contributed by atoms with E-state index in [1.165, 1.54) is 0 Å². The Morgan fingerprint density at radius 3 is 2.42 bits per heavy atom. The van der Waals surface area contributed by atoms with E-state index < -0.39 is 6.04 Å². The topological polar surface area (TPSA) is 49.4 Å². The van der Waals surface area contributed by atoms with Crippen molar-refractivity contribution in [3.8, 4) is 0 Å². The molecule has 3 rings (SSSR count). The lowest BCUT2D eigenvalue weighted by Gasteiger charge is -2.53. The first-order valence-electron chi connectivity index (χ1n) is 8.99. The SMILES string of the molecule is Cc1ccc(C(C(=O)NC(C)(C)C)N2C(=O)[C@@H]3CCCC[C@@H]32)cc1.